The molecule has 0 spiro atoms. The number of H-pyrrole nitrogens is 1. The first-order valence-electron chi connectivity index (χ1n) is 4.79. The van der Waals surface area contributed by atoms with Gasteiger partial charge in [-0.15, -0.1) is 0 Å². The second kappa shape index (κ2) is 4.57. The summed E-state index contributed by atoms with van der Waals surface area (Å²) in [5, 5.41) is 20.1. The van der Waals surface area contributed by atoms with Gasteiger partial charge in [-0.25, -0.2) is 27.4 Å². The van der Waals surface area contributed by atoms with Crippen LogP contribution in [0.15, 0.2) is 17.3 Å². The summed E-state index contributed by atoms with van der Waals surface area (Å²) in [6.45, 7) is 0. The highest BCUT2D eigenvalue weighted by Gasteiger charge is 2.24. The summed E-state index contributed by atoms with van der Waals surface area (Å²) >= 11 is 0. The molecule has 0 aliphatic rings. The molecule has 0 amide bonds. The van der Waals surface area contributed by atoms with Gasteiger partial charge in [0.15, 0.2) is 17.5 Å². The monoisotopic (exact) mass is 305 g/mol. The Morgan fingerprint density at radius 2 is 1.90 bits per heavy atom. The van der Waals surface area contributed by atoms with Gasteiger partial charge in [0.05, 0.1) is 11.0 Å². The fraction of sp³-hybridized carbons (Fsp3) is 0. The Balaban J connectivity index is 2.66. The van der Waals surface area contributed by atoms with Crippen LogP contribution in [0.5, 0.6) is 0 Å². The zero-order chi connectivity index (χ0) is 15.1. The van der Waals surface area contributed by atoms with Crippen molar-refractivity contribution in [1.82, 2.24) is 15.2 Å². The number of nitrogens with one attached hydrogen (secondary N) is 1. The number of hydrogen-bond acceptors (Lipinski definition) is 6. The SMILES string of the molecule is NS(=O)(=O)c1nc(-c2cc(F)c(F)cc2[N+](=O)[O-])n[nH]1. The summed E-state index contributed by atoms with van der Waals surface area (Å²) in [4.78, 5) is 13.2. The van der Waals surface area contributed by atoms with Gasteiger partial charge in [-0.2, -0.15) is 10.1 Å². The molecular formula is C8H5F2N5O4S. The summed E-state index contributed by atoms with van der Waals surface area (Å²) in [5.41, 5.74) is -1.30. The maximum atomic E-state index is 13.1. The van der Waals surface area contributed by atoms with Crippen LogP contribution in [0.25, 0.3) is 11.4 Å². The maximum Gasteiger partial charge on any atom is 0.283 e. The van der Waals surface area contributed by atoms with E-state index in [1.165, 1.54) is 0 Å². The molecule has 20 heavy (non-hydrogen) atoms. The van der Waals surface area contributed by atoms with Gasteiger partial charge in [-0.3, -0.25) is 10.1 Å². The molecule has 0 saturated carbocycles. The minimum absolute atomic E-state index is 0.345. The second-order valence-corrected chi connectivity index (χ2v) is 5.03. The Bertz CT molecular complexity index is 803. The number of nitro benzene ring substituents is 1. The number of sulfonamides is 1. The lowest BCUT2D eigenvalue weighted by Gasteiger charge is -1.99. The van der Waals surface area contributed by atoms with Crippen LogP contribution in [-0.4, -0.2) is 28.5 Å². The number of nitro groups is 1. The number of nitrogens with zero attached hydrogens (tertiary/aromatic N) is 3. The normalized spacial score (nSPS) is 11.6. The Labute approximate surface area is 109 Å². The molecule has 0 saturated heterocycles. The van der Waals surface area contributed by atoms with Gasteiger partial charge in [-0.05, 0) is 6.07 Å². The van der Waals surface area contributed by atoms with E-state index in [0.29, 0.717) is 12.1 Å². The van der Waals surface area contributed by atoms with Gasteiger partial charge < -0.3 is 0 Å². The number of primary sulfonamides is 1. The number of halogens is 2. The molecule has 0 aliphatic carbocycles. The number of rotatable bonds is 3. The van der Waals surface area contributed by atoms with Gasteiger partial charge in [0, 0.05) is 0 Å². The van der Waals surface area contributed by atoms with Crippen molar-refractivity contribution in [2.75, 3.05) is 0 Å². The Morgan fingerprint density at radius 1 is 1.30 bits per heavy atom. The smallest absolute Gasteiger partial charge is 0.258 e. The number of benzene rings is 1. The zero-order valence-electron chi connectivity index (χ0n) is 9.37. The Kier molecular flexibility index (Phi) is 3.19. The first kappa shape index (κ1) is 14.0. The topological polar surface area (TPSA) is 145 Å². The van der Waals surface area contributed by atoms with Gasteiger partial charge in [-0.1, -0.05) is 0 Å². The van der Waals surface area contributed by atoms with Crippen molar-refractivity contribution in [2.24, 2.45) is 5.14 Å². The minimum Gasteiger partial charge on any atom is -0.258 e. The van der Waals surface area contributed by atoms with Crippen LogP contribution in [0.4, 0.5) is 14.5 Å². The minimum atomic E-state index is -4.21. The standard InChI is InChI=1S/C8H5F2N5O4S/c9-4-1-3(6(15(16)17)2-5(4)10)7-12-8(14-13-7)20(11,18)19/h1-2H,(H2,11,18,19)(H,12,13,14). The van der Waals surface area contributed by atoms with Gasteiger partial charge in [0.1, 0.15) is 5.56 Å². The molecule has 0 atom stereocenters. The van der Waals surface area contributed by atoms with E-state index >= 15 is 0 Å². The molecule has 3 N–H and O–H groups in total. The van der Waals surface area contributed by atoms with Crippen LogP contribution >= 0.6 is 0 Å². The fourth-order valence-electron chi connectivity index (χ4n) is 1.36. The van der Waals surface area contributed by atoms with Crippen LogP contribution < -0.4 is 5.14 Å². The largest absolute Gasteiger partial charge is 0.283 e. The summed E-state index contributed by atoms with van der Waals surface area (Å²) in [6.07, 6.45) is 0. The lowest BCUT2D eigenvalue weighted by atomic mass is 10.1. The van der Waals surface area contributed by atoms with Crippen molar-refractivity contribution in [2.45, 2.75) is 5.16 Å². The highest BCUT2D eigenvalue weighted by atomic mass is 32.2. The van der Waals surface area contributed by atoms with E-state index in [0.717, 1.165) is 0 Å². The van der Waals surface area contributed by atoms with E-state index in [9.17, 15) is 27.3 Å². The summed E-state index contributed by atoms with van der Waals surface area (Å²) in [7, 11) is -4.21. The molecule has 0 fully saturated rings. The predicted molar refractivity (Wildman–Crippen MR) is 59.8 cm³/mol. The van der Waals surface area contributed by atoms with Crippen LogP contribution in [0, 0.1) is 21.7 Å². The number of nitrogens with two attached hydrogens (primary N) is 1. The highest BCUT2D eigenvalue weighted by Crippen LogP contribution is 2.29. The van der Waals surface area contributed by atoms with E-state index in [1.807, 2.05) is 5.10 Å². The third kappa shape index (κ3) is 2.46. The molecular weight excluding hydrogens is 300 g/mol. The lowest BCUT2D eigenvalue weighted by Crippen LogP contribution is -2.13. The summed E-state index contributed by atoms with van der Waals surface area (Å²) in [6, 6.07) is 0.835. The van der Waals surface area contributed by atoms with Crippen molar-refractivity contribution in [1.29, 1.82) is 0 Å². The van der Waals surface area contributed by atoms with E-state index in [-0.39, 0.29) is 0 Å². The summed E-state index contributed by atoms with van der Waals surface area (Å²) in [5.74, 6) is -3.30. The van der Waals surface area contributed by atoms with Gasteiger partial charge in [0.25, 0.3) is 20.9 Å². The molecule has 12 heteroatoms. The fourth-order valence-corrected chi connectivity index (χ4v) is 1.75. The molecule has 106 valence electrons. The van der Waals surface area contributed by atoms with Crippen molar-refractivity contribution < 1.29 is 22.1 Å². The molecule has 0 radical (unpaired) electrons. The molecule has 0 aliphatic heterocycles. The predicted octanol–water partition coefficient (Wildman–Crippen LogP) is 0.306. The third-order valence-corrected chi connectivity index (χ3v) is 2.93. The lowest BCUT2D eigenvalue weighted by molar-refractivity contribution is -0.384. The van der Waals surface area contributed by atoms with Crippen LogP contribution in [0.2, 0.25) is 0 Å². The van der Waals surface area contributed by atoms with Crippen LogP contribution in [0.1, 0.15) is 0 Å². The molecule has 1 aromatic carbocycles. The average molecular weight is 305 g/mol. The Morgan fingerprint density at radius 3 is 2.40 bits per heavy atom. The number of aromatic amines is 1. The zero-order valence-corrected chi connectivity index (χ0v) is 10.2. The molecule has 1 aromatic heterocycles. The van der Waals surface area contributed by atoms with Crippen molar-refractivity contribution in [3.63, 3.8) is 0 Å². The number of hydrogen-bond donors (Lipinski definition) is 2. The van der Waals surface area contributed by atoms with E-state index in [2.05, 4.69) is 10.1 Å². The van der Waals surface area contributed by atoms with Crippen LogP contribution in [0.3, 0.4) is 0 Å². The third-order valence-electron chi connectivity index (χ3n) is 2.21. The van der Waals surface area contributed by atoms with Crippen molar-refractivity contribution in [3.05, 3.63) is 33.9 Å². The highest BCUT2D eigenvalue weighted by molar-refractivity contribution is 7.89. The van der Waals surface area contributed by atoms with Crippen molar-refractivity contribution >= 4 is 15.7 Å². The van der Waals surface area contributed by atoms with E-state index in [4.69, 9.17) is 5.14 Å². The van der Waals surface area contributed by atoms with E-state index in [1.54, 1.807) is 0 Å². The molecule has 0 unspecified atom stereocenters. The first-order valence-corrected chi connectivity index (χ1v) is 6.34. The van der Waals surface area contributed by atoms with Crippen LogP contribution in [-0.2, 0) is 10.0 Å². The average Bonchev–Trinajstić information content (AvgIpc) is 2.80. The molecule has 1 heterocycles. The molecule has 0 bridgehead atoms. The summed E-state index contributed by atoms with van der Waals surface area (Å²) < 4.78 is 48.1. The molecule has 2 rings (SSSR count). The van der Waals surface area contributed by atoms with Gasteiger partial charge >= 0.3 is 0 Å². The maximum absolute atomic E-state index is 13.1. The molecule has 9 nitrogen and oxygen atoms in total. The van der Waals surface area contributed by atoms with Crippen molar-refractivity contribution in [3.8, 4) is 11.4 Å². The number of aromatic nitrogens is 3. The molecule has 2 aromatic rings. The quantitative estimate of drug-likeness (QED) is 0.616. The first-order chi connectivity index (χ1) is 9.20. The van der Waals surface area contributed by atoms with E-state index < -0.39 is 48.8 Å². The Hall–Kier alpha value is -2.47. The second-order valence-electron chi connectivity index (χ2n) is 3.55. The van der Waals surface area contributed by atoms with Gasteiger partial charge in [0.2, 0.25) is 0 Å².